The van der Waals surface area contributed by atoms with Crippen LogP contribution in [0.2, 0.25) is 0 Å². The summed E-state index contributed by atoms with van der Waals surface area (Å²) < 4.78 is 5.56. The molecule has 1 amide bonds. The van der Waals surface area contributed by atoms with Gasteiger partial charge in [0.25, 0.3) is 0 Å². The molecule has 5 nitrogen and oxygen atoms in total. The fraction of sp³-hybridized carbons (Fsp3) is 0.429. The third kappa shape index (κ3) is 5.42. The van der Waals surface area contributed by atoms with Crippen LogP contribution in [0.4, 0.5) is 0 Å². The summed E-state index contributed by atoms with van der Waals surface area (Å²) in [5.74, 6) is -0.378. The number of rotatable bonds is 7. The van der Waals surface area contributed by atoms with Gasteiger partial charge in [-0.3, -0.25) is 9.59 Å². The molecule has 0 saturated heterocycles. The molecule has 1 rings (SSSR count). The van der Waals surface area contributed by atoms with Gasteiger partial charge in [-0.2, -0.15) is 0 Å². The summed E-state index contributed by atoms with van der Waals surface area (Å²) in [6, 6.07) is 7.68. The van der Waals surface area contributed by atoms with E-state index in [2.05, 4.69) is 0 Å². The number of nitrogens with zero attached hydrogens (tertiary/aromatic N) is 1. The van der Waals surface area contributed by atoms with Crippen molar-refractivity contribution in [2.75, 3.05) is 20.2 Å². The second-order valence-corrected chi connectivity index (χ2v) is 4.36. The van der Waals surface area contributed by atoms with E-state index < -0.39 is 5.97 Å². The molecule has 0 heterocycles. The van der Waals surface area contributed by atoms with Gasteiger partial charge in [0.1, 0.15) is 12.3 Å². The monoisotopic (exact) mass is 265 g/mol. The van der Waals surface area contributed by atoms with Crippen molar-refractivity contribution in [1.82, 2.24) is 4.90 Å². The largest absolute Gasteiger partial charge is 0.493 e. The molecule has 0 saturated carbocycles. The minimum absolute atomic E-state index is 0.184. The number of hydrogen-bond acceptors (Lipinski definition) is 3. The van der Waals surface area contributed by atoms with Gasteiger partial charge in [-0.1, -0.05) is 18.2 Å². The van der Waals surface area contributed by atoms with E-state index in [1.165, 1.54) is 11.9 Å². The first kappa shape index (κ1) is 15.0. The molecule has 0 aliphatic heterocycles. The molecule has 1 N–H and O–H groups in total. The highest BCUT2D eigenvalue weighted by Crippen LogP contribution is 2.16. The third-order valence-corrected chi connectivity index (χ3v) is 2.68. The Morgan fingerprint density at radius 1 is 1.32 bits per heavy atom. The van der Waals surface area contributed by atoms with Crippen LogP contribution >= 0.6 is 0 Å². The maximum atomic E-state index is 11.6. The number of likely N-dealkylation sites (N-methyl/N-ethyl adjacent to an activating group) is 1. The normalized spacial score (nSPS) is 10.0. The van der Waals surface area contributed by atoms with E-state index in [9.17, 15) is 9.59 Å². The van der Waals surface area contributed by atoms with E-state index in [4.69, 9.17) is 9.84 Å². The van der Waals surface area contributed by atoms with Crippen molar-refractivity contribution in [1.29, 1.82) is 0 Å². The lowest BCUT2D eigenvalue weighted by Gasteiger charge is -2.14. The summed E-state index contributed by atoms with van der Waals surface area (Å²) in [5, 5.41) is 8.56. The Morgan fingerprint density at radius 3 is 2.63 bits per heavy atom. The van der Waals surface area contributed by atoms with Crippen LogP contribution in [-0.2, 0) is 9.59 Å². The van der Waals surface area contributed by atoms with Crippen LogP contribution in [0.5, 0.6) is 5.75 Å². The SMILES string of the molecule is Cc1ccccc1OCCCC(=O)N(C)CC(=O)O. The van der Waals surface area contributed by atoms with Crippen LogP contribution in [0, 0.1) is 6.92 Å². The molecule has 0 fully saturated rings. The summed E-state index contributed by atoms with van der Waals surface area (Å²) >= 11 is 0. The fourth-order valence-corrected chi connectivity index (χ4v) is 1.61. The number of aliphatic carboxylic acids is 1. The molecule has 0 unspecified atom stereocenters. The summed E-state index contributed by atoms with van der Waals surface area (Å²) in [7, 11) is 1.48. The lowest BCUT2D eigenvalue weighted by Crippen LogP contribution is -2.31. The smallest absolute Gasteiger partial charge is 0.323 e. The van der Waals surface area contributed by atoms with Gasteiger partial charge in [-0.05, 0) is 25.0 Å². The second-order valence-electron chi connectivity index (χ2n) is 4.36. The van der Waals surface area contributed by atoms with E-state index in [1.54, 1.807) is 0 Å². The summed E-state index contributed by atoms with van der Waals surface area (Å²) in [5.41, 5.74) is 1.05. The summed E-state index contributed by atoms with van der Waals surface area (Å²) in [4.78, 5) is 23.2. The van der Waals surface area contributed by atoms with Gasteiger partial charge in [-0.25, -0.2) is 0 Å². The van der Waals surface area contributed by atoms with E-state index in [-0.39, 0.29) is 18.9 Å². The minimum Gasteiger partial charge on any atom is -0.493 e. The first-order valence-electron chi connectivity index (χ1n) is 6.15. The number of carboxylic acids is 1. The van der Waals surface area contributed by atoms with Crippen molar-refractivity contribution in [2.24, 2.45) is 0 Å². The van der Waals surface area contributed by atoms with Gasteiger partial charge < -0.3 is 14.7 Å². The van der Waals surface area contributed by atoms with Gasteiger partial charge in [-0.15, -0.1) is 0 Å². The van der Waals surface area contributed by atoms with Gasteiger partial charge in [0.2, 0.25) is 5.91 Å². The van der Waals surface area contributed by atoms with Crippen LogP contribution < -0.4 is 4.74 Å². The van der Waals surface area contributed by atoms with Crippen molar-refractivity contribution in [3.8, 4) is 5.75 Å². The number of hydrogen-bond donors (Lipinski definition) is 1. The van der Waals surface area contributed by atoms with Gasteiger partial charge in [0.05, 0.1) is 6.61 Å². The highest BCUT2D eigenvalue weighted by molar-refractivity contribution is 5.80. The predicted molar refractivity (Wildman–Crippen MR) is 71.2 cm³/mol. The van der Waals surface area contributed by atoms with Gasteiger partial charge >= 0.3 is 5.97 Å². The molecule has 1 aromatic rings. The number of carbonyl (C=O) groups excluding carboxylic acids is 1. The van der Waals surface area contributed by atoms with Gasteiger partial charge in [0.15, 0.2) is 0 Å². The van der Waals surface area contributed by atoms with Crippen molar-refractivity contribution < 1.29 is 19.4 Å². The Hall–Kier alpha value is -2.04. The standard InChI is InChI=1S/C14H19NO4/c1-11-6-3-4-7-12(11)19-9-5-8-13(16)15(2)10-14(17)18/h3-4,6-7H,5,8-10H2,1-2H3,(H,17,18). The first-order valence-corrected chi connectivity index (χ1v) is 6.15. The minimum atomic E-state index is -1.01. The zero-order valence-electron chi connectivity index (χ0n) is 11.3. The highest BCUT2D eigenvalue weighted by Gasteiger charge is 2.11. The third-order valence-electron chi connectivity index (χ3n) is 2.68. The lowest BCUT2D eigenvalue weighted by molar-refractivity contribution is -0.143. The average molecular weight is 265 g/mol. The summed E-state index contributed by atoms with van der Waals surface area (Å²) in [6.07, 6.45) is 0.854. The molecule has 0 aliphatic carbocycles. The summed E-state index contributed by atoms with van der Waals surface area (Å²) in [6.45, 7) is 2.14. The molecule has 19 heavy (non-hydrogen) atoms. The zero-order chi connectivity index (χ0) is 14.3. The van der Waals surface area contributed by atoms with Crippen LogP contribution in [0.15, 0.2) is 24.3 Å². The van der Waals surface area contributed by atoms with Crippen LogP contribution in [0.25, 0.3) is 0 Å². The Kier molecular flexibility index (Phi) is 5.85. The van der Waals surface area contributed by atoms with E-state index in [0.29, 0.717) is 13.0 Å². The van der Waals surface area contributed by atoms with Gasteiger partial charge in [0, 0.05) is 13.5 Å². The Morgan fingerprint density at radius 2 is 2.00 bits per heavy atom. The molecule has 5 heteroatoms. The fourth-order valence-electron chi connectivity index (χ4n) is 1.61. The Balaban J connectivity index is 2.26. The van der Waals surface area contributed by atoms with Crippen LogP contribution in [-0.4, -0.2) is 42.1 Å². The molecular weight excluding hydrogens is 246 g/mol. The maximum absolute atomic E-state index is 11.6. The number of para-hydroxylation sites is 1. The van der Waals surface area contributed by atoms with Crippen LogP contribution in [0.1, 0.15) is 18.4 Å². The maximum Gasteiger partial charge on any atom is 0.323 e. The highest BCUT2D eigenvalue weighted by atomic mass is 16.5. The second kappa shape index (κ2) is 7.41. The molecule has 0 aliphatic rings. The van der Waals surface area contributed by atoms with E-state index in [1.807, 2.05) is 31.2 Å². The number of ether oxygens (including phenoxy) is 1. The number of amides is 1. The molecule has 0 aromatic heterocycles. The van der Waals surface area contributed by atoms with Crippen molar-refractivity contribution >= 4 is 11.9 Å². The molecule has 0 radical (unpaired) electrons. The van der Waals surface area contributed by atoms with E-state index >= 15 is 0 Å². The number of carbonyl (C=O) groups is 2. The average Bonchev–Trinajstić information content (AvgIpc) is 2.35. The lowest BCUT2D eigenvalue weighted by atomic mass is 10.2. The van der Waals surface area contributed by atoms with Crippen molar-refractivity contribution in [3.63, 3.8) is 0 Å². The van der Waals surface area contributed by atoms with Crippen LogP contribution in [0.3, 0.4) is 0 Å². The van der Waals surface area contributed by atoms with Crippen molar-refractivity contribution in [2.45, 2.75) is 19.8 Å². The molecule has 104 valence electrons. The molecule has 0 atom stereocenters. The topological polar surface area (TPSA) is 66.8 Å². The molecule has 0 bridgehead atoms. The molecule has 0 spiro atoms. The Labute approximate surface area is 112 Å². The number of carboxylic acid groups (broad SMARTS) is 1. The Bertz CT molecular complexity index is 445. The molecular formula is C14H19NO4. The zero-order valence-corrected chi connectivity index (χ0v) is 11.3. The number of aryl methyl sites for hydroxylation is 1. The molecule has 1 aromatic carbocycles. The predicted octanol–water partition coefficient (Wildman–Crippen LogP) is 1.70. The van der Waals surface area contributed by atoms with E-state index in [0.717, 1.165) is 11.3 Å². The first-order chi connectivity index (χ1) is 9.00. The quantitative estimate of drug-likeness (QED) is 0.762. The van der Waals surface area contributed by atoms with Crippen molar-refractivity contribution in [3.05, 3.63) is 29.8 Å². The number of benzene rings is 1.